The second-order valence-corrected chi connectivity index (χ2v) is 46.5. The average Bonchev–Trinajstić information content (AvgIpc) is 1.96. The van der Waals surface area contributed by atoms with Crippen LogP contribution in [-0.4, -0.2) is 48.4 Å². The maximum absolute atomic E-state index is 2.65. The van der Waals surface area contributed by atoms with Gasteiger partial charge in [-0.1, -0.05) is 118 Å². The van der Waals surface area contributed by atoms with Crippen LogP contribution in [0.25, 0.3) is 0 Å². The Morgan fingerprint density at radius 1 is 0.250 bits per heavy atom. The zero-order valence-electron chi connectivity index (χ0n) is 23.1. The Morgan fingerprint density at radius 2 is 0.321 bits per heavy atom. The molecule has 0 saturated heterocycles. The Labute approximate surface area is 199 Å². The van der Waals surface area contributed by atoms with Gasteiger partial charge in [-0.2, -0.15) is 0 Å². The Kier molecular flexibility index (Phi) is 17.8. The minimum absolute atomic E-state index is 0. The molecule has 0 bridgehead atoms. The minimum atomic E-state index is -0.856. The van der Waals surface area contributed by atoms with Crippen molar-refractivity contribution in [2.45, 2.75) is 118 Å². The Hall–Kier alpha value is 1.83. The molecule has 0 N–H and O–H groups in total. The maximum atomic E-state index is 2.65. The van der Waals surface area contributed by atoms with Gasteiger partial charge in [0.15, 0.2) is 0 Å². The van der Waals surface area contributed by atoms with Gasteiger partial charge in [-0.25, -0.2) is 0 Å². The third-order valence-electron chi connectivity index (χ3n) is 2.60. The van der Waals surface area contributed by atoms with Crippen molar-refractivity contribution in [2.24, 2.45) is 0 Å². The smallest absolute Gasteiger partial charge is 0.327 e. The van der Waals surface area contributed by atoms with Gasteiger partial charge in [0.1, 0.15) is 0 Å². The van der Waals surface area contributed by atoms with E-state index in [1.807, 2.05) is 0 Å². The normalized spacial score (nSPS) is 13.5. The van der Waals surface area contributed by atoms with Crippen LogP contribution in [0.3, 0.4) is 0 Å². The van der Waals surface area contributed by atoms with Crippen LogP contribution in [0.1, 0.15) is 0 Å². The zero-order valence-corrected chi connectivity index (χ0v) is 30.4. The summed E-state index contributed by atoms with van der Waals surface area (Å²) in [6.45, 7) is 43.3. The van der Waals surface area contributed by atoms with Crippen molar-refractivity contribution >= 4 is 48.4 Å². The summed E-state index contributed by atoms with van der Waals surface area (Å²) >= 11 is 0. The second kappa shape index (κ2) is 13.4. The molecule has 0 heterocycles. The molecule has 0 aromatic heterocycles. The van der Waals surface area contributed by atoms with Crippen molar-refractivity contribution < 1.29 is 17.4 Å². The van der Waals surface area contributed by atoms with E-state index in [0.717, 1.165) is 0 Å². The molecular weight excluding hydrogens is 473 g/mol. The van der Waals surface area contributed by atoms with E-state index in [2.05, 4.69) is 135 Å². The van der Waals surface area contributed by atoms with Gasteiger partial charge in [-0.05, 0) is 0 Å². The topological polar surface area (TPSA) is 0 Å². The van der Waals surface area contributed by atoms with Gasteiger partial charge in [0, 0.05) is 0 Å². The predicted molar refractivity (Wildman–Crippen MR) is 153 cm³/mol. The zero-order chi connectivity index (χ0) is 23.1. The van der Waals surface area contributed by atoms with Gasteiger partial charge in [0.05, 0.1) is 0 Å². The molecule has 171 valence electrons. The molecule has 7 heteroatoms. The van der Waals surface area contributed by atoms with Gasteiger partial charge in [0.2, 0.25) is 0 Å². The van der Waals surface area contributed by atoms with E-state index in [1.54, 1.807) is 0 Å². The fourth-order valence-electron chi connectivity index (χ4n) is 3.90. The van der Waals surface area contributed by atoms with Crippen molar-refractivity contribution in [2.75, 3.05) is 0 Å². The monoisotopic (exact) mass is 529 g/mol. The molecule has 28 heavy (non-hydrogen) atoms. The third kappa shape index (κ3) is 50.9. The molecular formula is C21H57CrSi6. The van der Waals surface area contributed by atoms with E-state index in [4.69, 9.17) is 0 Å². The van der Waals surface area contributed by atoms with Crippen LogP contribution in [0.15, 0.2) is 0 Å². The second-order valence-electron chi connectivity index (χ2n) is 14.6. The summed E-state index contributed by atoms with van der Waals surface area (Å²) in [5, 5.41) is 0. The molecule has 0 saturated carbocycles. The molecule has 0 spiro atoms. The van der Waals surface area contributed by atoms with Crippen molar-refractivity contribution in [1.29, 1.82) is 0 Å². The predicted octanol–water partition coefficient (Wildman–Crippen LogP) is 8.83. The largest absolute Gasteiger partial charge is 3.00 e. The number of hydrogen-bond acceptors (Lipinski definition) is 0. The molecule has 0 amide bonds. The van der Waals surface area contributed by atoms with Crippen LogP contribution in [0.4, 0.5) is 0 Å². The van der Waals surface area contributed by atoms with Crippen LogP contribution in [-0.2, 0) is 17.4 Å². The molecule has 0 aromatic carbocycles. The maximum Gasteiger partial charge on any atom is 3.00 e. The van der Waals surface area contributed by atoms with Gasteiger partial charge in [0.25, 0.3) is 0 Å². The van der Waals surface area contributed by atoms with Crippen LogP contribution < -0.4 is 0 Å². The van der Waals surface area contributed by atoms with Gasteiger partial charge < -0.3 is 17.0 Å². The molecule has 0 fully saturated rings. The van der Waals surface area contributed by atoms with Gasteiger partial charge in [-0.15, -0.1) is 48.4 Å². The molecule has 0 aliphatic heterocycles. The fraction of sp³-hybridized carbons (Fsp3) is 0.857. The van der Waals surface area contributed by atoms with E-state index >= 15 is 0 Å². The summed E-state index contributed by atoms with van der Waals surface area (Å²) in [6.07, 6.45) is 0. The van der Waals surface area contributed by atoms with E-state index < -0.39 is 48.4 Å². The first kappa shape index (κ1) is 37.2. The number of rotatable bonds is 6. The van der Waals surface area contributed by atoms with Gasteiger partial charge >= 0.3 is 17.4 Å². The SMILES string of the molecule is C[Si](C)(C)[CH-][Si](C)(C)C.C[Si](C)(C)[CH-][Si](C)(C)C.C[Si](C)(C)[CH-][Si](C)(C)C.[Cr+3]. The first-order valence-electron chi connectivity index (χ1n) is 10.7. The van der Waals surface area contributed by atoms with E-state index in [0.29, 0.717) is 0 Å². The summed E-state index contributed by atoms with van der Waals surface area (Å²) in [6, 6.07) is 0. The van der Waals surface area contributed by atoms with Crippen molar-refractivity contribution in [3.05, 3.63) is 17.0 Å². The molecule has 0 unspecified atom stereocenters. The van der Waals surface area contributed by atoms with E-state index in [1.165, 1.54) is 0 Å². The van der Waals surface area contributed by atoms with Crippen molar-refractivity contribution in [3.8, 4) is 0 Å². The minimum Gasteiger partial charge on any atom is -0.327 e. The standard InChI is InChI=1S/3C7H19Si2.Cr/c3*1-8(2,3)7-9(4,5)6;/h3*7H,1-6H3;/q3*-1;+3. The van der Waals surface area contributed by atoms with Crippen molar-refractivity contribution in [3.63, 3.8) is 0 Å². The Bertz CT molecular complexity index is 284. The molecule has 0 atom stereocenters. The molecule has 0 rings (SSSR count). The molecule has 0 nitrogen and oxygen atoms in total. The molecule has 0 aromatic rings. The fourth-order valence-corrected chi connectivity index (χ4v) is 35.1. The first-order chi connectivity index (χ1) is 11.1. The summed E-state index contributed by atoms with van der Waals surface area (Å²) in [5.74, 6) is 0. The number of hydrogen-bond donors (Lipinski definition) is 0. The summed E-state index contributed by atoms with van der Waals surface area (Å²) in [7, 11) is -5.14. The van der Waals surface area contributed by atoms with Crippen LogP contribution in [0.5, 0.6) is 0 Å². The Morgan fingerprint density at radius 3 is 0.321 bits per heavy atom. The molecule has 0 aliphatic carbocycles. The van der Waals surface area contributed by atoms with Crippen LogP contribution in [0.2, 0.25) is 118 Å². The van der Waals surface area contributed by atoms with Crippen molar-refractivity contribution in [1.82, 2.24) is 0 Å². The Balaban J connectivity index is -0.000000152. The average molecular weight is 530 g/mol. The molecule has 1 radical (unpaired) electrons. The van der Waals surface area contributed by atoms with Crippen LogP contribution in [0, 0.1) is 17.0 Å². The van der Waals surface area contributed by atoms with Crippen LogP contribution >= 0.6 is 0 Å². The molecule has 0 aliphatic rings. The van der Waals surface area contributed by atoms with E-state index in [-0.39, 0.29) is 17.4 Å². The summed E-state index contributed by atoms with van der Waals surface area (Å²) in [5.41, 5.74) is 7.96. The quantitative estimate of drug-likeness (QED) is 0.238. The first-order valence-corrected chi connectivity index (χ1v) is 32.2. The van der Waals surface area contributed by atoms with E-state index in [9.17, 15) is 0 Å². The third-order valence-corrected chi connectivity index (χ3v) is 23.4. The summed E-state index contributed by atoms with van der Waals surface area (Å²) in [4.78, 5) is 0. The summed E-state index contributed by atoms with van der Waals surface area (Å²) < 4.78 is 0. The van der Waals surface area contributed by atoms with Gasteiger partial charge in [-0.3, -0.25) is 0 Å².